The van der Waals surface area contributed by atoms with Crippen molar-refractivity contribution in [1.29, 1.82) is 10.5 Å². The Morgan fingerprint density at radius 3 is 1.18 bits per heavy atom. The summed E-state index contributed by atoms with van der Waals surface area (Å²) in [5, 5.41) is 19.5. The highest BCUT2D eigenvalue weighted by molar-refractivity contribution is 6.39. The van der Waals surface area contributed by atoms with Crippen LogP contribution in [0.5, 0.6) is 0 Å². The van der Waals surface area contributed by atoms with Gasteiger partial charge in [0.25, 0.3) is 0 Å². The smallest absolute Gasteiger partial charge is 0.174 e. The Morgan fingerprint density at radius 2 is 0.955 bits per heavy atom. The molecule has 0 spiro atoms. The Kier molecular flexibility index (Phi) is 2.64. The summed E-state index contributed by atoms with van der Waals surface area (Å²) >= 11 is 13.4. The zero-order chi connectivity index (χ0) is 15.5. The van der Waals surface area contributed by atoms with Gasteiger partial charge in [-0.1, -0.05) is 71.7 Å². The van der Waals surface area contributed by atoms with E-state index in [2.05, 4.69) is 12.1 Å². The first-order valence-corrected chi connectivity index (χ1v) is 7.72. The van der Waals surface area contributed by atoms with Crippen molar-refractivity contribution in [1.82, 2.24) is 0 Å². The fraction of sp³-hybridized carbons (Fsp3) is 0.222. The van der Waals surface area contributed by atoms with E-state index in [-0.39, 0.29) is 0 Å². The lowest BCUT2D eigenvalue weighted by Gasteiger charge is -2.53. The largest absolute Gasteiger partial charge is 0.196 e. The highest BCUT2D eigenvalue weighted by Crippen LogP contribution is 2.65. The molecule has 2 nitrogen and oxygen atoms in total. The minimum absolute atomic E-state index is 0.409. The van der Waals surface area contributed by atoms with E-state index in [9.17, 15) is 10.5 Å². The van der Waals surface area contributed by atoms with Gasteiger partial charge in [-0.3, -0.25) is 0 Å². The van der Waals surface area contributed by atoms with E-state index < -0.39 is 21.6 Å². The molecule has 3 aliphatic rings. The molecule has 0 aliphatic heterocycles. The first-order chi connectivity index (χ1) is 10.6. The van der Waals surface area contributed by atoms with E-state index >= 15 is 0 Å². The van der Waals surface area contributed by atoms with E-state index in [4.69, 9.17) is 23.2 Å². The fourth-order valence-electron chi connectivity index (χ4n) is 3.98. The monoisotopic (exact) mass is 324 g/mol. The van der Waals surface area contributed by atoms with Gasteiger partial charge in [-0.15, -0.1) is 0 Å². The molecular formula is C18H10Cl2N2. The normalized spacial score (nSPS) is 34.2. The van der Waals surface area contributed by atoms with Crippen LogP contribution in [-0.2, 0) is 0 Å². The van der Waals surface area contributed by atoms with Gasteiger partial charge in [0.05, 0.1) is 12.1 Å². The number of halogens is 2. The highest BCUT2D eigenvalue weighted by atomic mass is 35.5. The van der Waals surface area contributed by atoms with Crippen LogP contribution in [0.3, 0.4) is 0 Å². The van der Waals surface area contributed by atoms with Crippen LogP contribution in [0, 0.1) is 22.7 Å². The van der Waals surface area contributed by atoms with Gasteiger partial charge >= 0.3 is 0 Å². The summed E-state index contributed by atoms with van der Waals surface area (Å²) in [7, 11) is 0. The second-order valence-corrected chi connectivity index (χ2v) is 6.96. The third-order valence-electron chi connectivity index (χ3n) is 4.89. The number of alkyl halides is 2. The molecule has 2 aromatic carbocycles. The van der Waals surface area contributed by atoms with Gasteiger partial charge in [-0.2, -0.15) is 10.5 Å². The molecular weight excluding hydrogens is 315 g/mol. The first kappa shape index (κ1) is 13.6. The number of nitriles is 2. The topological polar surface area (TPSA) is 47.6 Å². The number of hydrogen-bond acceptors (Lipinski definition) is 2. The van der Waals surface area contributed by atoms with Crippen LogP contribution in [0.2, 0.25) is 0 Å². The Balaban J connectivity index is 2.18. The van der Waals surface area contributed by atoms with E-state index in [1.54, 1.807) is 0 Å². The predicted octanol–water partition coefficient (Wildman–Crippen LogP) is 4.28. The lowest BCUT2D eigenvalue weighted by atomic mass is 9.54. The number of benzene rings is 2. The molecule has 2 atom stereocenters. The van der Waals surface area contributed by atoms with Crippen LogP contribution in [0.1, 0.15) is 34.1 Å². The van der Waals surface area contributed by atoms with Crippen LogP contribution in [0.4, 0.5) is 0 Å². The molecule has 4 heteroatoms. The van der Waals surface area contributed by atoms with Crippen molar-refractivity contribution in [3.63, 3.8) is 0 Å². The van der Waals surface area contributed by atoms with Crippen molar-refractivity contribution in [3.8, 4) is 12.1 Å². The van der Waals surface area contributed by atoms with Gasteiger partial charge in [0.1, 0.15) is 0 Å². The molecule has 0 radical (unpaired) electrons. The SMILES string of the molecule is N#C[C@@]1(Cl)C2c3ccccc3C(c3ccccc32)[C@@]1(Cl)C#N. The maximum atomic E-state index is 9.77. The molecule has 0 fully saturated rings. The fourth-order valence-corrected chi connectivity index (χ4v) is 4.75. The maximum Gasteiger partial charge on any atom is 0.174 e. The predicted molar refractivity (Wildman–Crippen MR) is 85.0 cm³/mol. The lowest BCUT2D eigenvalue weighted by Crippen LogP contribution is -2.59. The summed E-state index contributed by atoms with van der Waals surface area (Å²) in [6.45, 7) is 0. The summed E-state index contributed by atoms with van der Waals surface area (Å²) in [6, 6.07) is 19.9. The summed E-state index contributed by atoms with van der Waals surface area (Å²) < 4.78 is 0. The molecule has 0 N–H and O–H groups in total. The number of fused-ring (bicyclic) bond motifs is 1. The molecule has 5 rings (SSSR count). The Bertz CT molecular complexity index is 760. The summed E-state index contributed by atoms with van der Waals surface area (Å²) in [5.74, 6) is -0.817. The molecule has 0 saturated heterocycles. The molecule has 0 amide bonds. The molecule has 0 heterocycles. The molecule has 106 valence electrons. The lowest BCUT2D eigenvalue weighted by molar-refractivity contribution is 0.404. The maximum absolute atomic E-state index is 9.77. The molecule has 3 aliphatic carbocycles. The summed E-state index contributed by atoms with van der Waals surface area (Å²) in [5.41, 5.74) is 3.98. The zero-order valence-corrected chi connectivity index (χ0v) is 12.9. The van der Waals surface area contributed by atoms with Crippen LogP contribution in [-0.4, -0.2) is 9.75 Å². The van der Waals surface area contributed by atoms with Gasteiger partial charge in [0.15, 0.2) is 9.75 Å². The minimum Gasteiger partial charge on any atom is -0.196 e. The average Bonchev–Trinajstić information content (AvgIpc) is 2.57. The van der Waals surface area contributed by atoms with Crippen molar-refractivity contribution in [2.75, 3.05) is 0 Å². The first-order valence-electron chi connectivity index (χ1n) is 6.96. The summed E-state index contributed by atoms with van der Waals surface area (Å²) in [4.78, 5) is -2.98. The quantitative estimate of drug-likeness (QED) is 0.679. The second-order valence-electron chi connectivity index (χ2n) is 5.77. The number of nitrogens with zero attached hydrogens (tertiary/aromatic N) is 2. The molecule has 2 aromatic rings. The number of rotatable bonds is 0. The molecule has 2 bridgehead atoms. The van der Waals surface area contributed by atoms with Crippen LogP contribution in [0.25, 0.3) is 0 Å². The van der Waals surface area contributed by atoms with Gasteiger partial charge in [0.2, 0.25) is 0 Å². The third-order valence-corrected chi connectivity index (χ3v) is 6.18. The second kappa shape index (κ2) is 4.26. The van der Waals surface area contributed by atoms with Gasteiger partial charge in [0, 0.05) is 11.8 Å². The van der Waals surface area contributed by atoms with Crippen molar-refractivity contribution < 1.29 is 0 Å². The van der Waals surface area contributed by atoms with Gasteiger partial charge < -0.3 is 0 Å². The van der Waals surface area contributed by atoms with Crippen molar-refractivity contribution in [2.45, 2.75) is 21.6 Å². The zero-order valence-electron chi connectivity index (χ0n) is 11.4. The van der Waals surface area contributed by atoms with Crippen molar-refractivity contribution in [2.24, 2.45) is 0 Å². The Hall–Kier alpha value is -2.00. The van der Waals surface area contributed by atoms with Crippen LogP contribution >= 0.6 is 23.2 Å². The van der Waals surface area contributed by atoms with E-state index in [1.165, 1.54) is 0 Å². The minimum atomic E-state index is -1.49. The van der Waals surface area contributed by atoms with Crippen molar-refractivity contribution in [3.05, 3.63) is 70.8 Å². The molecule has 0 aromatic heterocycles. The van der Waals surface area contributed by atoms with Gasteiger partial charge in [-0.25, -0.2) is 0 Å². The van der Waals surface area contributed by atoms with Gasteiger partial charge in [-0.05, 0) is 22.3 Å². The molecule has 0 saturated carbocycles. The third kappa shape index (κ3) is 1.31. The van der Waals surface area contributed by atoms with Crippen molar-refractivity contribution >= 4 is 23.2 Å². The standard InChI is InChI=1S/C18H10Cl2N2/c19-17(9-21)15-11-5-1-2-6-12(11)16(18(17,20)10-22)14-8-4-3-7-13(14)15/h1-8,15-16H/t15?,16?,17-,18+. The van der Waals surface area contributed by atoms with E-state index in [0.29, 0.717) is 0 Å². The molecule has 22 heavy (non-hydrogen) atoms. The van der Waals surface area contributed by atoms with E-state index in [1.807, 2.05) is 48.5 Å². The Morgan fingerprint density at radius 1 is 0.682 bits per heavy atom. The number of hydrogen-bond donors (Lipinski definition) is 0. The summed E-state index contributed by atoms with van der Waals surface area (Å²) in [6.07, 6.45) is 0. The highest BCUT2D eigenvalue weighted by Gasteiger charge is 2.68. The average molecular weight is 325 g/mol. The van der Waals surface area contributed by atoms with E-state index in [0.717, 1.165) is 22.3 Å². The Labute approximate surface area is 138 Å². The molecule has 0 unspecified atom stereocenters. The van der Waals surface area contributed by atoms with Crippen LogP contribution < -0.4 is 0 Å². The van der Waals surface area contributed by atoms with Crippen LogP contribution in [0.15, 0.2) is 48.5 Å².